The summed E-state index contributed by atoms with van der Waals surface area (Å²) < 4.78 is 59.4. The van der Waals surface area contributed by atoms with Crippen molar-refractivity contribution >= 4 is 16.7 Å². The van der Waals surface area contributed by atoms with E-state index >= 15 is 0 Å². The van der Waals surface area contributed by atoms with E-state index in [1.165, 1.54) is 0 Å². The number of rotatable bonds is 1. The van der Waals surface area contributed by atoms with Crippen molar-refractivity contribution in [3.8, 4) is 0 Å². The molecule has 16 heavy (non-hydrogen) atoms. The highest BCUT2D eigenvalue weighted by atomic mass is 32.2. The zero-order valence-electron chi connectivity index (χ0n) is 7.56. The van der Waals surface area contributed by atoms with E-state index < -0.39 is 22.8 Å². The fourth-order valence-electron chi connectivity index (χ4n) is 1.25. The van der Waals surface area contributed by atoms with Gasteiger partial charge in [0.05, 0.1) is 11.8 Å². The summed E-state index contributed by atoms with van der Waals surface area (Å²) in [4.78, 5) is 3.67. The second-order valence-corrected chi connectivity index (χ2v) is 3.86. The van der Waals surface area contributed by atoms with Crippen molar-refractivity contribution in [2.45, 2.75) is 11.2 Å². The van der Waals surface area contributed by atoms with Crippen LogP contribution in [0.3, 0.4) is 0 Å². The van der Waals surface area contributed by atoms with Gasteiger partial charge in [-0.05, 0) is 23.2 Å². The van der Waals surface area contributed by atoms with Crippen molar-refractivity contribution in [3.63, 3.8) is 0 Å². The molecule has 0 amide bonds. The Hall–Kier alpha value is -1.41. The number of halogens is 3. The molecule has 86 valence electrons. The number of aromatic nitrogens is 2. The van der Waals surface area contributed by atoms with E-state index in [4.69, 9.17) is 0 Å². The summed E-state index contributed by atoms with van der Waals surface area (Å²) in [6.07, 6.45) is -2.81. The first kappa shape index (κ1) is 11.1. The third kappa shape index (κ3) is 1.81. The van der Waals surface area contributed by atoms with Crippen molar-refractivity contribution in [2.24, 2.45) is 0 Å². The Labute approximate surface area is 90.0 Å². The first-order valence-corrected chi connectivity index (χ1v) is 5.10. The lowest BCUT2D eigenvalue weighted by Gasteiger charge is -2.09. The molecular weight excluding hydrogens is 245 g/mol. The van der Waals surface area contributed by atoms with Crippen LogP contribution in [-0.4, -0.2) is 18.1 Å². The van der Waals surface area contributed by atoms with Gasteiger partial charge in [0.2, 0.25) is 0 Å². The highest BCUT2D eigenvalue weighted by Gasteiger charge is 2.31. The fraction of sp³-hybridized carbons (Fsp3) is 0.125. The Kier molecular flexibility index (Phi) is 2.47. The minimum atomic E-state index is -4.51. The molecule has 4 nitrogen and oxygen atoms in total. The second-order valence-electron chi connectivity index (χ2n) is 2.97. The van der Waals surface area contributed by atoms with Crippen LogP contribution in [0.2, 0.25) is 0 Å². The molecule has 0 radical (unpaired) electrons. The Morgan fingerprint density at radius 1 is 1.38 bits per heavy atom. The summed E-state index contributed by atoms with van der Waals surface area (Å²) in [7, 11) is 0. The van der Waals surface area contributed by atoms with E-state index in [1.807, 2.05) is 0 Å². The van der Waals surface area contributed by atoms with Gasteiger partial charge in [-0.15, -0.1) is 0 Å². The molecule has 2 aromatic heterocycles. The van der Waals surface area contributed by atoms with Gasteiger partial charge in [0, 0.05) is 6.20 Å². The lowest BCUT2D eigenvalue weighted by atomic mass is 10.3. The first-order valence-electron chi connectivity index (χ1n) is 4.03. The highest BCUT2D eigenvalue weighted by molar-refractivity contribution is 7.79. The van der Waals surface area contributed by atoms with Crippen LogP contribution < -0.4 is 0 Å². The number of pyridine rings is 1. The normalized spacial score (nSPS) is 14.2. The van der Waals surface area contributed by atoms with Gasteiger partial charge < -0.3 is 4.55 Å². The summed E-state index contributed by atoms with van der Waals surface area (Å²) >= 11 is -2.62. The average molecular weight is 249 g/mol. The van der Waals surface area contributed by atoms with Crippen LogP contribution in [0.15, 0.2) is 29.6 Å². The van der Waals surface area contributed by atoms with Gasteiger partial charge in [-0.25, -0.2) is 4.98 Å². The predicted octanol–water partition coefficient (Wildman–Crippen LogP) is 1.59. The topological polar surface area (TPSA) is 57.4 Å². The summed E-state index contributed by atoms with van der Waals surface area (Å²) in [5.41, 5.74) is -0.781. The van der Waals surface area contributed by atoms with Gasteiger partial charge in [0.1, 0.15) is 10.7 Å². The molecule has 0 N–H and O–H groups in total. The largest absolute Gasteiger partial charge is 0.767 e. The number of hydrogen-bond acceptors (Lipinski definition) is 3. The fourth-order valence-corrected chi connectivity index (χ4v) is 1.69. The summed E-state index contributed by atoms with van der Waals surface area (Å²) in [6, 6.07) is 1.96. The van der Waals surface area contributed by atoms with Crippen molar-refractivity contribution in [1.29, 1.82) is 0 Å². The predicted molar refractivity (Wildman–Crippen MR) is 47.4 cm³/mol. The third-order valence-corrected chi connectivity index (χ3v) is 2.61. The molecule has 0 aliphatic carbocycles. The number of hydrogen-bond donors (Lipinski definition) is 0. The molecule has 0 saturated carbocycles. The van der Waals surface area contributed by atoms with Crippen molar-refractivity contribution in [1.82, 2.24) is 9.38 Å². The number of fused-ring (bicyclic) bond motifs is 1. The molecule has 0 aliphatic heterocycles. The van der Waals surface area contributed by atoms with Crippen LogP contribution in [0.1, 0.15) is 5.56 Å². The number of imidazole rings is 1. The quantitative estimate of drug-likeness (QED) is 0.721. The standard InChI is InChI=1S/C8H5F3N2O2S/c9-8(10,11)5-1-2-6-12-3-7(16(14)15)13(6)4-5/h1-4H,(H,14,15)/p-1. The monoisotopic (exact) mass is 249 g/mol. The zero-order valence-corrected chi connectivity index (χ0v) is 8.38. The Morgan fingerprint density at radius 2 is 2.06 bits per heavy atom. The van der Waals surface area contributed by atoms with Crippen molar-refractivity contribution in [2.75, 3.05) is 0 Å². The van der Waals surface area contributed by atoms with E-state index in [1.54, 1.807) is 0 Å². The van der Waals surface area contributed by atoms with E-state index in [-0.39, 0.29) is 10.7 Å². The maximum atomic E-state index is 12.4. The van der Waals surface area contributed by atoms with Crippen molar-refractivity contribution < 1.29 is 21.9 Å². The smallest absolute Gasteiger partial charge is 0.417 e. The molecule has 0 spiro atoms. The average Bonchev–Trinajstić information content (AvgIpc) is 2.58. The number of nitrogens with zero attached hydrogens (tertiary/aromatic N) is 2. The van der Waals surface area contributed by atoms with Crippen LogP contribution in [0.5, 0.6) is 0 Å². The van der Waals surface area contributed by atoms with Crippen LogP contribution in [0.25, 0.3) is 5.65 Å². The molecule has 1 unspecified atom stereocenters. The highest BCUT2D eigenvalue weighted by Crippen LogP contribution is 2.29. The molecule has 8 heteroatoms. The molecule has 2 heterocycles. The first-order chi connectivity index (χ1) is 7.39. The van der Waals surface area contributed by atoms with Gasteiger partial charge in [0.25, 0.3) is 0 Å². The molecule has 0 saturated heterocycles. The van der Waals surface area contributed by atoms with Gasteiger partial charge in [-0.1, -0.05) is 0 Å². The minimum Gasteiger partial charge on any atom is -0.767 e. The molecule has 0 fully saturated rings. The van der Waals surface area contributed by atoms with E-state index in [0.717, 1.165) is 22.7 Å². The minimum absolute atomic E-state index is 0.146. The van der Waals surface area contributed by atoms with E-state index in [0.29, 0.717) is 6.20 Å². The van der Waals surface area contributed by atoms with Crippen LogP contribution >= 0.6 is 0 Å². The summed E-state index contributed by atoms with van der Waals surface area (Å²) in [6.45, 7) is 0. The summed E-state index contributed by atoms with van der Waals surface area (Å²) in [5.74, 6) is 0. The maximum Gasteiger partial charge on any atom is 0.417 e. The molecule has 0 aromatic carbocycles. The lowest BCUT2D eigenvalue weighted by Crippen LogP contribution is -2.07. The van der Waals surface area contributed by atoms with Crippen molar-refractivity contribution in [3.05, 3.63) is 30.1 Å². The SMILES string of the molecule is O=S([O-])c1cnc2ccc(C(F)(F)F)cn12. The molecule has 0 aliphatic rings. The molecule has 2 rings (SSSR count). The Morgan fingerprint density at radius 3 is 2.62 bits per heavy atom. The van der Waals surface area contributed by atoms with E-state index in [9.17, 15) is 21.9 Å². The van der Waals surface area contributed by atoms with Crippen LogP contribution in [-0.2, 0) is 17.3 Å². The Bertz CT molecular complexity index is 564. The van der Waals surface area contributed by atoms with Crippen LogP contribution in [0, 0.1) is 0 Å². The molecule has 1 atom stereocenters. The number of alkyl halides is 3. The Balaban J connectivity index is 2.68. The molecule has 2 aromatic rings. The third-order valence-electron chi connectivity index (χ3n) is 1.97. The summed E-state index contributed by atoms with van der Waals surface area (Å²) in [5, 5.41) is -0.305. The second kappa shape index (κ2) is 3.56. The van der Waals surface area contributed by atoms with Gasteiger partial charge >= 0.3 is 6.18 Å². The van der Waals surface area contributed by atoms with Gasteiger partial charge in [-0.2, -0.15) is 13.2 Å². The molecule has 0 bridgehead atoms. The van der Waals surface area contributed by atoms with E-state index in [2.05, 4.69) is 4.98 Å². The molecular formula is C8H4F3N2O2S-. The zero-order chi connectivity index (χ0) is 11.9. The lowest BCUT2D eigenvalue weighted by molar-refractivity contribution is -0.137. The van der Waals surface area contributed by atoms with Gasteiger partial charge in [-0.3, -0.25) is 8.61 Å². The van der Waals surface area contributed by atoms with Gasteiger partial charge in [0.15, 0.2) is 0 Å². The van der Waals surface area contributed by atoms with Crippen LogP contribution in [0.4, 0.5) is 13.2 Å². The maximum absolute atomic E-state index is 12.4.